The van der Waals surface area contributed by atoms with Crippen molar-refractivity contribution in [2.75, 3.05) is 12.4 Å². The molecule has 1 N–H and O–H groups in total. The Morgan fingerprint density at radius 1 is 1.21 bits per heavy atom. The first kappa shape index (κ1) is 13.7. The Balaban J connectivity index is 2.07. The molecule has 0 aromatic heterocycles. The monoisotopic (exact) mass is 364 g/mol. The summed E-state index contributed by atoms with van der Waals surface area (Å²) in [5, 5.41) is 12.3. The van der Waals surface area contributed by atoms with Crippen molar-refractivity contribution >= 4 is 28.3 Å². The van der Waals surface area contributed by atoms with E-state index in [2.05, 4.69) is 46.1 Å². The van der Waals surface area contributed by atoms with Crippen LogP contribution in [0.5, 0.6) is 5.75 Å². The van der Waals surface area contributed by atoms with Gasteiger partial charge in [0.05, 0.1) is 12.7 Å². The van der Waals surface area contributed by atoms with Crippen molar-refractivity contribution in [3.63, 3.8) is 0 Å². The zero-order chi connectivity index (χ0) is 13.7. The maximum absolute atomic E-state index is 8.93. The number of hydrogen-bond donors (Lipinski definition) is 1. The minimum absolute atomic E-state index is 0.556. The van der Waals surface area contributed by atoms with Crippen LogP contribution < -0.4 is 10.1 Å². The zero-order valence-corrected chi connectivity index (χ0v) is 12.6. The van der Waals surface area contributed by atoms with Crippen LogP contribution >= 0.6 is 22.6 Å². The molecule has 0 amide bonds. The van der Waals surface area contributed by atoms with Crippen molar-refractivity contribution in [3.8, 4) is 11.8 Å². The van der Waals surface area contributed by atoms with Crippen LogP contribution in [-0.2, 0) is 6.54 Å². The van der Waals surface area contributed by atoms with E-state index in [0.29, 0.717) is 17.9 Å². The molecule has 0 radical (unpaired) electrons. The van der Waals surface area contributed by atoms with Gasteiger partial charge in [-0.05, 0) is 64.6 Å². The molecule has 0 aliphatic carbocycles. The van der Waals surface area contributed by atoms with E-state index in [1.54, 1.807) is 13.2 Å². The van der Waals surface area contributed by atoms with Gasteiger partial charge in [-0.15, -0.1) is 0 Å². The van der Waals surface area contributed by atoms with Crippen LogP contribution in [-0.4, -0.2) is 7.11 Å². The molecule has 0 aliphatic heterocycles. The van der Waals surface area contributed by atoms with Crippen LogP contribution in [0, 0.1) is 14.9 Å². The van der Waals surface area contributed by atoms with Crippen LogP contribution in [0.25, 0.3) is 0 Å². The highest BCUT2D eigenvalue weighted by Crippen LogP contribution is 2.20. The second kappa shape index (κ2) is 6.43. The lowest BCUT2D eigenvalue weighted by molar-refractivity contribution is 0.413. The first-order valence-electron chi connectivity index (χ1n) is 5.79. The molecule has 0 aliphatic rings. The van der Waals surface area contributed by atoms with Crippen LogP contribution in [0.2, 0.25) is 0 Å². The second-order valence-corrected chi connectivity index (χ2v) is 5.25. The molecular formula is C15H13IN2O. The van der Waals surface area contributed by atoms with Gasteiger partial charge in [-0.2, -0.15) is 5.26 Å². The molecule has 0 unspecified atom stereocenters. The molecular weight excluding hydrogens is 351 g/mol. The van der Waals surface area contributed by atoms with E-state index in [0.717, 1.165) is 11.3 Å². The molecule has 0 spiro atoms. The van der Waals surface area contributed by atoms with Gasteiger partial charge in [0.25, 0.3) is 0 Å². The molecule has 4 heteroatoms. The minimum Gasteiger partial charge on any atom is -0.495 e. The molecule has 19 heavy (non-hydrogen) atoms. The number of hydrogen-bond acceptors (Lipinski definition) is 3. The number of rotatable bonds is 4. The molecule has 0 heterocycles. The quantitative estimate of drug-likeness (QED) is 0.840. The number of nitrogens with one attached hydrogen (secondary N) is 1. The molecule has 0 bridgehead atoms. The summed E-state index contributed by atoms with van der Waals surface area (Å²) in [5.74, 6) is 0.615. The Hall–Kier alpha value is -1.74. The van der Waals surface area contributed by atoms with E-state index in [1.165, 1.54) is 3.57 Å². The third kappa shape index (κ3) is 3.61. The second-order valence-electron chi connectivity index (χ2n) is 4.01. The molecule has 2 aromatic carbocycles. The summed E-state index contributed by atoms with van der Waals surface area (Å²) in [7, 11) is 1.58. The third-order valence-corrected chi connectivity index (χ3v) is 3.45. The topological polar surface area (TPSA) is 45.0 Å². The molecule has 3 nitrogen and oxygen atoms in total. The fourth-order valence-corrected chi connectivity index (χ4v) is 2.07. The van der Waals surface area contributed by atoms with E-state index >= 15 is 0 Å². The molecule has 0 saturated carbocycles. The van der Waals surface area contributed by atoms with Crippen LogP contribution in [0.15, 0.2) is 42.5 Å². The normalized spacial score (nSPS) is 9.74. The lowest BCUT2D eigenvalue weighted by Gasteiger charge is -2.09. The summed E-state index contributed by atoms with van der Waals surface area (Å²) in [5.41, 5.74) is 2.71. The number of halogens is 1. The maximum atomic E-state index is 8.93. The Bertz CT molecular complexity index is 603. The smallest absolute Gasteiger partial charge is 0.136 e. The predicted molar refractivity (Wildman–Crippen MR) is 84.2 cm³/mol. The molecule has 2 aromatic rings. The van der Waals surface area contributed by atoms with E-state index in [1.807, 2.05) is 24.3 Å². The summed E-state index contributed by atoms with van der Waals surface area (Å²) >= 11 is 2.28. The number of benzene rings is 2. The van der Waals surface area contributed by atoms with Gasteiger partial charge in [0.1, 0.15) is 11.8 Å². The Morgan fingerprint density at radius 2 is 1.95 bits per heavy atom. The van der Waals surface area contributed by atoms with Crippen molar-refractivity contribution in [3.05, 3.63) is 57.2 Å². The van der Waals surface area contributed by atoms with Crippen LogP contribution in [0.3, 0.4) is 0 Å². The largest absolute Gasteiger partial charge is 0.495 e. The minimum atomic E-state index is 0.556. The summed E-state index contributed by atoms with van der Waals surface area (Å²) in [6.07, 6.45) is 0. The van der Waals surface area contributed by atoms with Crippen molar-refractivity contribution in [1.82, 2.24) is 0 Å². The van der Waals surface area contributed by atoms with Crippen molar-refractivity contribution in [2.24, 2.45) is 0 Å². The Kier molecular flexibility index (Phi) is 4.63. The van der Waals surface area contributed by atoms with Gasteiger partial charge in [0.2, 0.25) is 0 Å². The number of nitriles is 1. The molecule has 2 rings (SSSR count). The summed E-state index contributed by atoms with van der Waals surface area (Å²) in [6, 6.07) is 15.9. The highest BCUT2D eigenvalue weighted by Gasteiger charge is 2.03. The molecule has 0 atom stereocenters. The van der Waals surface area contributed by atoms with Gasteiger partial charge in [0, 0.05) is 15.8 Å². The third-order valence-electron chi connectivity index (χ3n) is 2.73. The van der Waals surface area contributed by atoms with Crippen LogP contribution in [0.1, 0.15) is 11.1 Å². The van der Waals surface area contributed by atoms with Gasteiger partial charge >= 0.3 is 0 Å². The SMILES string of the molecule is COc1cc(CNc2ccc(I)cc2)ccc1C#N. The summed E-state index contributed by atoms with van der Waals surface area (Å²) in [4.78, 5) is 0. The van der Waals surface area contributed by atoms with Gasteiger partial charge in [-0.1, -0.05) is 6.07 Å². The fourth-order valence-electron chi connectivity index (χ4n) is 1.71. The average molecular weight is 364 g/mol. The van der Waals surface area contributed by atoms with Gasteiger partial charge in [-0.25, -0.2) is 0 Å². The summed E-state index contributed by atoms with van der Waals surface area (Å²) in [6.45, 7) is 0.697. The highest BCUT2D eigenvalue weighted by atomic mass is 127. The number of nitrogens with zero attached hydrogens (tertiary/aromatic N) is 1. The van der Waals surface area contributed by atoms with E-state index in [-0.39, 0.29) is 0 Å². The van der Waals surface area contributed by atoms with Crippen molar-refractivity contribution in [1.29, 1.82) is 5.26 Å². The predicted octanol–water partition coefficient (Wildman–Crippen LogP) is 3.78. The summed E-state index contributed by atoms with van der Waals surface area (Å²) < 4.78 is 6.40. The van der Waals surface area contributed by atoms with Crippen LogP contribution in [0.4, 0.5) is 5.69 Å². The zero-order valence-electron chi connectivity index (χ0n) is 10.5. The van der Waals surface area contributed by atoms with Gasteiger partial charge in [-0.3, -0.25) is 0 Å². The van der Waals surface area contributed by atoms with Crippen molar-refractivity contribution in [2.45, 2.75) is 6.54 Å². The highest BCUT2D eigenvalue weighted by molar-refractivity contribution is 14.1. The molecule has 96 valence electrons. The maximum Gasteiger partial charge on any atom is 0.136 e. The standard InChI is InChI=1S/C15H13IN2O/c1-19-15-8-11(2-3-12(15)9-17)10-18-14-6-4-13(16)5-7-14/h2-8,18H,10H2,1H3. The van der Waals surface area contributed by atoms with Crippen molar-refractivity contribution < 1.29 is 4.74 Å². The lowest BCUT2D eigenvalue weighted by Crippen LogP contribution is -2.00. The lowest BCUT2D eigenvalue weighted by atomic mass is 10.1. The number of anilines is 1. The average Bonchev–Trinajstić information content (AvgIpc) is 2.46. The van der Waals surface area contributed by atoms with E-state index in [4.69, 9.17) is 10.00 Å². The first-order valence-corrected chi connectivity index (χ1v) is 6.87. The fraction of sp³-hybridized carbons (Fsp3) is 0.133. The Labute approximate surface area is 126 Å². The number of methoxy groups -OCH3 is 1. The van der Waals surface area contributed by atoms with Gasteiger partial charge in [0.15, 0.2) is 0 Å². The van der Waals surface area contributed by atoms with E-state index in [9.17, 15) is 0 Å². The molecule has 0 saturated heterocycles. The Morgan fingerprint density at radius 3 is 2.58 bits per heavy atom. The number of ether oxygens (including phenoxy) is 1. The first-order chi connectivity index (χ1) is 9.22. The van der Waals surface area contributed by atoms with E-state index < -0.39 is 0 Å². The molecule has 0 fully saturated rings. The van der Waals surface area contributed by atoms with Gasteiger partial charge < -0.3 is 10.1 Å².